The largest absolute Gasteiger partial charge is 0.465 e. The summed E-state index contributed by atoms with van der Waals surface area (Å²) in [6, 6.07) is 3.06. The van der Waals surface area contributed by atoms with Crippen molar-refractivity contribution in [1.29, 1.82) is 0 Å². The molecule has 0 heterocycles. The molecular weight excluding hydrogens is 230 g/mol. The Morgan fingerprint density at radius 1 is 1.24 bits per heavy atom. The minimum Gasteiger partial charge on any atom is -0.465 e. The van der Waals surface area contributed by atoms with Crippen molar-refractivity contribution >= 4 is 17.8 Å². The monoisotopic (exact) mass is 240 g/mol. The van der Waals surface area contributed by atoms with Crippen LogP contribution in [0.15, 0.2) is 23.8 Å². The van der Waals surface area contributed by atoms with Crippen LogP contribution in [-0.2, 0) is 14.3 Å². The minimum absolute atomic E-state index is 0.208. The van der Waals surface area contributed by atoms with Crippen molar-refractivity contribution < 1.29 is 23.1 Å². The summed E-state index contributed by atoms with van der Waals surface area (Å²) in [6.07, 6.45) is 1.15. The van der Waals surface area contributed by atoms with E-state index in [4.69, 9.17) is 0 Å². The average molecular weight is 240 g/mol. The van der Waals surface area contributed by atoms with Crippen LogP contribution in [0.2, 0.25) is 0 Å². The molecule has 1 rings (SSSR count). The number of benzene rings is 1. The summed E-state index contributed by atoms with van der Waals surface area (Å²) in [4.78, 5) is 22.4. The lowest BCUT2D eigenvalue weighted by Crippen LogP contribution is -2.11. The van der Waals surface area contributed by atoms with Crippen LogP contribution in [-0.4, -0.2) is 18.9 Å². The molecule has 0 amide bonds. The van der Waals surface area contributed by atoms with E-state index in [9.17, 15) is 18.4 Å². The number of carbonyl (C=O) groups excluding carboxylic acids is 2. The van der Waals surface area contributed by atoms with Crippen LogP contribution in [0.1, 0.15) is 12.5 Å². The molecule has 0 radical (unpaired) electrons. The zero-order valence-corrected chi connectivity index (χ0v) is 9.29. The highest BCUT2D eigenvalue weighted by atomic mass is 19.2. The molecule has 0 aliphatic carbocycles. The number of halogens is 2. The maximum absolute atomic E-state index is 12.9. The first-order valence-corrected chi connectivity index (χ1v) is 4.71. The highest BCUT2D eigenvalue weighted by Crippen LogP contribution is 2.13. The average Bonchev–Trinajstić information content (AvgIpc) is 2.29. The summed E-state index contributed by atoms with van der Waals surface area (Å²) in [7, 11) is 1.13. The zero-order valence-electron chi connectivity index (χ0n) is 9.29. The van der Waals surface area contributed by atoms with Gasteiger partial charge in [-0.2, -0.15) is 0 Å². The number of carbonyl (C=O) groups is 2. The number of methoxy groups -OCH3 is 1. The molecule has 5 heteroatoms. The molecule has 0 bridgehead atoms. The second-order valence-corrected chi connectivity index (χ2v) is 3.28. The molecule has 90 valence electrons. The van der Waals surface area contributed by atoms with Gasteiger partial charge in [0, 0.05) is 0 Å². The van der Waals surface area contributed by atoms with Crippen LogP contribution < -0.4 is 0 Å². The first-order valence-electron chi connectivity index (χ1n) is 4.71. The first kappa shape index (κ1) is 13.0. The molecule has 1 aromatic rings. The molecule has 0 spiro atoms. The van der Waals surface area contributed by atoms with Gasteiger partial charge < -0.3 is 4.74 Å². The molecule has 17 heavy (non-hydrogen) atoms. The topological polar surface area (TPSA) is 43.4 Å². The predicted molar refractivity (Wildman–Crippen MR) is 57.0 cm³/mol. The SMILES string of the molecule is COC(=O)/C(=C/c1ccc(F)c(F)c1)C(C)=O. The quantitative estimate of drug-likeness (QED) is 0.352. The number of hydrogen-bond donors (Lipinski definition) is 0. The lowest BCUT2D eigenvalue weighted by Gasteiger charge is -2.02. The normalized spacial score (nSPS) is 11.2. The summed E-state index contributed by atoms with van der Waals surface area (Å²) < 4.78 is 30.0. The molecule has 0 saturated heterocycles. The van der Waals surface area contributed by atoms with E-state index in [1.54, 1.807) is 0 Å². The van der Waals surface area contributed by atoms with Crippen LogP contribution >= 0.6 is 0 Å². The molecular formula is C12H10F2O3. The number of esters is 1. The van der Waals surface area contributed by atoms with Crippen molar-refractivity contribution in [2.45, 2.75) is 6.92 Å². The van der Waals surface area contributed by atoms with Crippen molar-refractivity contribution in [1.82, 2.24) is 0 Å². The summed E-state index contributed by atoms with van der Waals surface area (Å²) in [6.45, 7) is 1.18. The summed E-state index contributed by atoms with van der Waals surface area (Å²) in [5.74, 6) is -3.38. The van der Waals surface area contributed by atoms with Gasteiger partial charge in [0.1, 0.15) is 5.57 Å². The molecule has 0 N–H and O–H groups in total. The maximum Gasteiger partial charge on any atom is 0.341 e. The van der Waals surface area contributed by atoms with Gasteiger partial charge in [-0.25, -0.2) is 13.6 Å². The van der Waals surface area contributed by atoms with Crippen molar-refractivity contribution in [3.8, 4) is 0 Å². The van der Waals surface area contributed by atoms with E-state index in [0.717, 1.165) is 25.3 Å². The third-order valence-corrected chi connectivity index (χ3v) is 2.04. The number of Topliss-reactive ketones (excluding diaryl/α,β-unsaturated/α-hetero) is 1. The molecule has 0 unspecified atom stereocenters. The second-order valence-electron chi connectivity index (χ2n) is 3.28. The standard InChI is InChI=1S/C12H10F2O3/c1-7(15)9(12(16)17-2)5-8-3-4-10(13)11(14)6-8/h3-6H,1-2H3/b9-5+. The minimum atomic E-state index is -1.05. The number of ketones is 1. The van der Waals surface area contributed by atoms with E-state index in [1.165, 1.54) is 13.0 Å². The smallest absolute Gasteiger partial charge is 0.341 e. The lowest BCUT2D eigenvalue weighted by atomic mass is 10.1. The molecule has 1 aromatic carbocycles. The van der Waals surface area contributed by atoms with Crippen LogP contribution in [0.4, 0.5) is 8.78 Å². The van der Waals surface area contributed by atoms with Gasteiger partial charge in [-0.05, 0) is 30.7 Å². The van der Waals surface area contributed by atoms with Gasteiger partial charge >= 0.3 is 5.97 Å². The van der Waals surface area contributed by atoms with Gasteiger partial charge in [0.25, 0.3) is 0 Å². The Morgan fingerprint density at radius 3 is 2.35 bits per heavy atom. The Bertz CT molecular complexity index is 493. The number of hydrogen-bond acceptors (Lipinski definition) is 3. The Hall–Kier alpha value is -2.04. The Balaban J connectivity index is 3.17. The predicted octanol–water partition coefficient (Wildman–Crippen LogP) is 2.11. The van der Waals surface area contributed by atoms with Gasteiger partial charge in [-0.15, -0.1) is 0 Å². The van der Waals surface area contributed by atoms with Gasteiger partial charge in [0.15, 0.2) is 17.4 Å². The summed E-state index contributed by atoms with van der Waals surface area (Å²) in [5, 5.41) is 0. The van der Waals surface area contributed by atoms with Gasteiger partial charge in [0.05, 0.1) is 7.11 Å². The van der Waals surface area contributed by atoms with Crippen molar-refractivity contribution in [3.05, 3.63) is 41.0 Å². The third kappa shape index (κ3) is 3.21. The Kier molecular flexibility index (Phi) is 4.09. The summed E-state index contributed by atoms with van der Waals surface area (Å²) in [5.41, 5.74) is -0.0157. The van der Waals surface area contributed by atoms with Gasteiger partial charge in [-0.3, -0.25) is 4.79 Å². The van der Waals surface area contributed by atoms with E-state index < -0.39 is 23.4 Å². The molecule has 3 nitrogen and oxygen atoms in total. The van der Waals surface area contributed by atoms with Crippen molar-refractivity contribution in [3.63, 3.8) is 0 Å². The highest BCUT2D eigenvalue weighted by molar-refractivity contribution is 6.19. The third-order valence-electron chi connectivity index (χ3n) is 2.04. The zero-order chi connectivity index (χ0) is 13.0. The van der Waals surface area contributed by atoms with E-state index in [2.05, 4.69) is 4.74 Å². The van der Waals surface area contributed by atoms with Crippen LogP contribution in [0.25, 0.3) is 6.08 Å². The Labute approximate surface area is 96.7 Å². The van der Waals surface area contributed by atoms with Crippen LogP contribution in [0.5, 0.6) is 0 Å². The lowest BCUT2D eigenvalue weighted by molar-refractivity contribution is -0.137. The number of rotatable bonds is 3. The van der Waals surface area contributed by atoms with Crippen LogP contribution in [0.3, 0.4) is 0 Å². The van der Waals surface area contributed by atoms with Crippen molar-refractivity contribution in [2.24, 2.45) is 0 Å². The summed E-state index contributed by atoms with van der Waals surface area (Å²) >= 11 is 0. The molecule has 0 saturated carbocycles. The molecule has 0 aliphatic heterocycles. The highest BCUT2D eigenvalue weighted by Gasteiger charge is 2.15. The fourth-order valence-corrected chi connectivity index (χ4v) is 1.18. The Morgan fingerprint density at radius 2 is 1.88 bits per heavy atom. The molecule has 0 aromatic heterocycles. The van der Waals surface area contributed by atoms with E-state index in [-0.39, 0.29) is 11.1 Å². The molecule has 0 atom stereocenters. The first-order chi connectivity index (χ1) is 7.95. The van der Waals surface area contributed by atoms with Crippen LogP contribution in [0, 0.1) is 11.6 Å². The fraction of sp³-hybridized carbons (Fsp3) is 0.167. The van der Waals surface area contributed by atoms with E-state index in [1.807, 2.05) is 0 Å². The fourth-order valence-electron chi connectivity index (χ4n) is 1.18. The van der Waals surface area contributed by atoms with Gasteiger partial charge in [-0.1, -0.05) is 6.07 Å². The molecule has 0 aliphatic rings. The van der Waals surface area contributed by atoms with E-state index >= 15 is 0 Å². The van der Waals surface area contributed by atoms with E-state index in [0.29, 0.717) is 0 Å². The van der Waals surface area contributed by atoms with Crippen molar-refractivity contribution in [2.75, 3.05) is 7.11 Å². The molecule has 0 fully saturated rings. The van der Waals surface area contributed by atoms with Gasteiger partial charge in [0.2, 0.25) is 0 Å². The number of ether oxygens (including phenoxy) is 1. The maximum atomic E-state index is 12.9. The second kappa shape index (κ2) is 5.34.